The van der Waals surface area contributed by atoms with Gasteiger partial charge >= 0.3 is 0 Å². The summed E-state index contributed by atoms with van der Waals surface area (Å²) in [5.74, 6) is 0.871. The Labute approximate surface area is 121 Å². The number of aromatic nitrogens is 2. The van der Waals surface area contributed by atoms with Crippen LogP contribution in [0.2, 0.25) is 0 Å². The molecule has 2 fully saturated rings. The van der Waals surface area contributed by atoms with E-state index in [4.69, 9.17) is 0 Å². The number of likely N-dealkylation sites (N-methyl/N-ethyl adjacent to an activating group) is 1. The van der Waals surface area contributed by atoms with Crippen LogP contribution >= 0.6 is 0 Å². The molecule has 0 aliphatic carbocycles. The van der Waals surface area contributed by atoms with Crippen molar-refractivity contribution in [2.24, 2.45) is 0 Å². The summed E-state index contributed by atoms with van der Waals surface area (Å²) in [6.45, 7) is 5.58. The molecule has 20 heavy (non-hydrogen) atoms. The largest absolute Gasteiger partial charge is 0.339 e. The fourth-order valence-electron chi connectivity index (χ4n) is 3.40. The predicted octanol–water partition coefficient (Wildman–Crippen LogP) is 1.13. The molecule has 0 spiro atoms. The molecular formula is C15H25N5. The van der Waals surface area contributed by atoms with Gasteiger partial charge in [0.1, 0.15) is 0 Å². The molecule has 1 aromatic rings. The first-order chi connectivity index (χ1) is 9.72. The highest BCUT2D eigenvalue weighted by atomic mass is 15.3. The van der Waals surface area contributed by atoms with Crippen LogP contribution in [0.15, 0.2) is 18.5 Å². The molecule has 1 aromatic heterocycles. The topological polar surface area (TPSA) is 44.3 Å². The van der Waals surface area contributed by atoms with E-state index in [1.807, 2.05) is 18.5 Å². The second-order valence-corrected chi connectivity index (χ2v) is 6.22. The van der Waals surface area contributed by atoms with Gasteiger partial charge in [-0.3, -0.25) is 0 Å². The summed E-state index contributed by atoms with van der Waals surface area (Å²) in [7, 11) is 2.22. The quantitative estimate of drug-likeness (QED) is 0.896. The number of hydrogen-bond acceptors (Lipinski definition) is 5. The molecule has 110 valence electrons. The highest BCUT2D eigenvalue weighted by molar-refractivity contribution is 5.29. The zero-order valence-corrected chi connectivity index (χ0v) is 12.5. The fraction of sp³-hybridized carbons (Fsp3) is 0.733. The van der Waals surface area contributed by atoms with Crippen molar-refractivity contribution in [2.45, 2.75) is 44.3 Å². The highest BCUT2D eigenvalue weighted by Crippen LogP contribution is 2.19. The first-order valence-electron chi connectivity index (χ1n) is 7.70. The van der Waals surface area contributed by atoms with Gasteiger partial charge in [-0.1, -0.05) is 0 Å². The Hall–Kier alpha value is -1.20. The Morgan fingerprint density at radius 3 is 2.70 bits per heavy atom. The molecule has 0 aromatic carbocycles. The van der Waals surface area contributed by atoms with Crippen molar-refractivity contribution in [1.82, 2.24) is 20.2 Å². The number of rotatable bonds is 3. The molecule has 2 aliphatic rings. The van der Waals surface area contributed by atoms with Crippen molar-refractivity contribution in [1.29, 1.82) is 0 Å². The third-order valence-corrected chi connectivity index (χ3v) is 4.61. The molecule has 5 heteroatoms. The van der Waals surface area contributed by atoms with E-state index in [1.54, 1.807) is 0 Å². The summed E-state index contributed by atoms with van der Waals surface area (Å²) < 4.78 is 0. The van der Waals surface area contributed by atoms with Gasteiger partial charge in [0.15, 0.2) is 0 Å². The maximum atomic E-state index is 4.37. The number of piperidine rings is 1. The number of nitrogens with one attached hydrogen (secondary N) is 1. The first kappa shape index (κ1) is 13.8. The van der Waals surface area contributed by atoms with Crippen molar-refractivity contribution >= 4 is 5.95 Å². The summed E-state index contributed by atoms with van der Waals surface area (Å²) in [4.78, 5) is 13.5. The lowest BCUT2D eigenvalue weighted by Gasteiger charge is -2.34. The smallest absolute Gasteiger partial charge is 0.225 e. The molecule has 0 bridgehead atoms. The fourth-order valence-corrected chi connectivity index (χ4v) is 3.40. The van der Waals surface area contributed by atoms with E-state index in [-0.39, 0.29) is 0 Å². The zero-order valence-electron chi connectivity index (χ0n) is 12.5. The van der Waals surface area contributed by atoms with Gasteiger partial charge in [0.2, 0.25) is 5.95 Å². The third-order valence-electron chi connectivity index (χ3n) is 4.61. The molecule has 3 unspecified atom stereocenters. The Morgan fingerprint density at radius 2 is 2.00 bits per heavy atom. The SMILES string of the molecule is CC1CC(NC2CCCN(c3ncccn3)C2)CN1C. The number of likely N-dealkylation sites (tertiary alicyclic amines) is 1. The van der Waals surface area contributed by atoms with Gasteiger partial charge in [0, 0.05) is 50.2 Å². The average molecular weight is 275 g/mol. The van der Waals surface area contributed by atoms with Crippen molar-refractivity contribution in [3.63, 3.8) is 0 Å². The van der Waals surface area contributed by atoms with Crippen molar-refractivity contribution in [3.8, 4) is 0 Å². The lowest BCUT2D eigenvalue weighted by atomic mass is 10.0. The van der Waals surface area contributed by atoms with Crippen molar-refractivity contribution < 1.29 is 0 Å². The third kappa shape index (κ3) is 3.10. The zero-order chi connectivity index (χ0) is 13.9. The van der Waals surface area contributed by atoms with E-state index >= 15 is 0 Å². The Bertz CT molecular complexity index is 414. The maximum Gasteiger partial charge on any atom is 0.225 e. The van der Waals surface area contributed by atoms with Crippen LogP contribution in [0.4, 0.5) is 5.95 Å². The summed E-state index contributed by atoms with van der Waals surface area (Å²) in [6, 6.07) is 3.77. The van der Waals surface area contributed by atoms with Gasteiger partial charge in [-0.25, -0.2) is 9.97 Å². The summed E-state index contributed by atoms with van der Waals surface area (Å²) in [6.07, 6.45) is 7.39. The van der Waals surface area contributed by atoms with E-state index in [1.165, 1.54) is 25.8 Å². The lowest BCUT2D eigenvalue weighted by Crippen LogP contribution is -2.50. The van der Waals surface area contributed by atoms with Gasteiger partial charge in [-0.05, 0) is 39.3 Å². The minimum Gasteiger partial charge on any atom is -0.339 e. The molecule has 5 nitrogen and oxygen atoms in total. The van der Waals surface area contributed by atoms with Crippen LogP contribution in [0.1, 0.15) is 26.2 Å². The van der Waals surface area contributed by atoms with Crippen LogP contribution in [0.3, 0.4) is 0 Å². The number of hydrogen-bond donors (Lipinski definition) is 1. The number of anilines is 1. The molecule has 3 rings (SSSR count). The van der Waals surface area contributed by atoms with E-state index in [9.17, 15) is 0 Å². The van der Waals surface area contributed by atoms with E-state index in [0.29, 0.717) is 18.1 Å². The van der Waals surface area contributed by atoms with Crippen LogP contribution in [0.5, 0.6) is 0 Å². The molecule has 3 heterocycles. The van der Waals surface area contributed by atoms with Gasteiger partial charge in [0.05, 0.1) is 0 Å². The van der Waals surface area contributed by atoms with Crippen LogP contribution < -0.4 is 10.2 Å². The van der Waals surface area contributed by atoms with E-state index in [2.05, 4.69) is 39.1 Å². The first-order valence-corrected chi connectivity index (χ1v) is 7.70. The van der Waals surface area contributed by atoms with Gasteiger partial charge in [0.25, 0.3) is 0 Å². The van der Waals surface area contributed by atoms with Crippen molar-refractivity contribution in [2.75, 3.05) is 31.6 Å². The van der Waals surface area contributed by atoms with Crippen LogP contribution in [0.25, 0.3) is 0 Å². The van der Waals surface area contributed by atoms with Gasteiger partial charge in [-0.2, -0.15) is 0 Å². The highest BCUT2D eigenvalue weighted by Gasteiger charge is 2.29. The Balaban J connectivity index is 1.56. The Morgan fingerprint density at radius 1 is 1.20 bits per heavy atom. The van der Waals surface area contributed by atoms with E-state index in [0.717, 1.165) is 19.0 Å². The molecule has 0 saturated carbocycles. The second-order valence-electron chi connectivity index (χ2n) is 6.22. The summed E-state index contributed by atoms with van der Waals surface area (Å²) in [5, 5.41) is 3.84. The predicted molar refractivity (Wildman–Crippen MR) is 80.9 cm³/mol. The minimum atomic E-state index is 0.566. The summed E-state index contributed by atoms with van der Waals surface area (Å²) in [5.41, 5.74) is 0. The molecule has 2 aliphatic heterocycles. The molecule has 0 radical (unpaired) electrons. The van der Waals surface area contributed by atoms with Crippen LogP contribution in [-0.4, -0.2) is 59.7 Å². The van der Waals surface area contributed by atoms with Crippen LogP contribution in [0, 0.1) is 0 Å². The monoisotopic (exact) mass is 275 g/mol. The molecule has 2 saturated heterocycles. The molecule has 3 atom stereocenters. The average Bonchev–Trinajstić information content (AvgIpc) is 2.78. The van der Waals surface area contributed by atoms with E-state index < -0.39 is 0 Å². The second kappa shape index (κ2) is 6.06. The van der Waals surface area contributed by atoms with Crippen molar-refractivity contribution in [3.05, 3.63) is 18.5 Å². The molecule has 0 amide bonds. The Kier molecular flexibility index (Phi) is 4.17. The van der Waals surface area contributed by atoms with Gasteiger partial charge < -0.3 is 15.1 Å². The normalized spacial score (nSPS) is 31.7. The maximum absolute atomic E-state index is 4.37. The molecular weight excluding hydrogens is 250 g/mol. The minimum absolute atomic E-state index is 0.566. The lowest BCUT2D eigenvalue weighted by molar-refractivity contribution is 0.320. The standard InChI is InChI=1S/C15H25N5/c1-12-9-14(10-19(12)2)18-13-5-3-8-20(11-13)15-16-6-4-7-17-15/h4,6-7,12-14,18H,3,5,8-11H2,1-2H3. The van der Waals surface area contributed by atoms with Crippen LogP contribution in [-0.2, 0) is 0 Å². The van der Waals surface area contributed by atoms with Gasteiger partial charge in [-0.15, -0.1) is 0 Å². The molecule has 1 N–H and O–H groups in total. The summed E-state index contributed by atoms with van der Waals surface area (Å²) >= 11 is 0. The number of nitrogens with zero attached hydrogens (tertiary/aromatic N) is 4.